The average molecular weight is 374 g/mol. The second-order valence-electron chi connectivity index (χ2n) is 5.86. The van der Waals surface area contributed by atoms with Crippen LogP contribution in [-0.2, 0) is 4.79 Å². The zero-order valence-electron chi connectivity index (χ0n) is 12.6. The van der Waals surface area contributed by atoms with Crippen LogP contribution in [-0.4, -0.2) is 36.5 Å². The molecule has 3 N–H and O–H groups in total. The molecule has 0 saturated carbocycles. The van der Waals surface area contributed by atoms with E-state index in [1.165, 1.54) is 4.88 Å². The van der Waals surface area contributed by atoms with Gasteiger partial charge in [0.05, 0.1) is 9.83 Å². The van der Waals surface area contributed by atoms with E-state index in [0.717, 1.165) is 36.3 Å². The van der Waals surface area contributed by atoms with Crippen LogP contribution in [0.3, 0.4) is 0 Å². The normalized spacial score (nSPS) is 20.2. The van der Waals surface area contributed by atoms with Gasteiger partial charge in [0.25, 0.3) is 0 Å². The van der Waals surface area contributed by atoms with Gasteiger partial charge in [0.15, 0.2) is 0 Å². The van der Waals surface area contributed by atoms with Crippen LogP contribution in [0.25, 0.3) is 0 Å². The van der Waals surface area contributed by atoms with E-state index < -0.39 is 0 Å². The molecule has 0 aliphatic carbocycles. The molecule has 2 atom stereocenters. The molecule has 0 radical (unpaired) electrons. The summed E-state index contributed by atoms with van der Waals surface area (Å²) >= 11 is 5.31. The van der Waals surface area contributed by atoms with E-state index >= 15 is 0 Å². The van der Waals surface area contributed by atoms with Crippen molar-refractivity contribution in [3.05, 3.63) is 20.8 Å². The molecule has 2 heterocycles. The van der Waals surface area contributed by atoms with Gasteiger partial charge in [-0.15, -0.1) is 11.3 Å². The maximum absolute atomic E-state index is 11.0. The molecule has 1 aromatic rings. The summed E-state index contributed by atoms with van der Waals surface area (Å²) in [6.07, 6.45) is 2.24. The highest BCUT2D eigenvalue weighted by Gasteiger charge is 2.29. The Hall–Kier alpha value is -0.430. The number of nitrogens with zero attached hydrogens (tertiary/aromatic N) is 1. The van der Waals surface area contributed by atoms with Gasteiger partial charge in [-0.1, -0.05) is 0 Å². The number of rotatable bonds is 5. The minimum atomic E-state index is 0.0642. The summed E-state index contributed by atoms with van der Waals surface area (Å²) in [5.41, 5.74) is 6.23. The third kappa shape index (κ3) is 4.77. The lowest BCUT2D eigenvalue weighted by atomic mass is 9.94. The van der Waals surface area contributed by atoms with Crippen LogP contribution in [0.5, 0.6) is 0 Å². The summed E-state index contributed by atoms with van der Waals surface area (Å²) < 4.78 is 1.16. The number of amides is 1. The van der Waals surface area contributed by atoms with Gasteiger partial charge < -0.3 is 11.1 Å². The van der Waals surface area contributed by atoms with Gasteiger partial charge in [0.2, 0.25) is 5.91 Å². The summed E-state index contributed by atoms with van der Waals surface area (Å²) in [7, 11) is 0. The Morgan fingerprint density at radius 2 is 2.19 bits per heavy atom. The van der Waals surface area contributed by atoms with E-state index in [-0.39, 0.29) is 11.9 Å². The van der Waals surface area contributed by atoms with E-state index in [9.17, 15) is 4.79 Å². The van der Waals surface area contributed by atoms with Crippen LogP contribution in [0.1, 0.15) is 37.6 Å². The van der Waals surface area contributed by atoms with Crippen molar-refractivity contribution in [1.82, 2.24) is 10.2 Å². The number of likely N-dealkylation sites (tertiary alicyclic amines) is 1. The van der Waals surface area contributed by atoms with E-state index in [4.69, 9.17) is 5.73 Å². The smallest absolute Gasteiger partial charge is 0.216 e. The molecule has 1 aromatic heterocycles. The van der Waals surface area contributed by atoms with Crippen LogP contribution in [0.2, 0.25) is 0 Å². The fraction of sp³-hybridized carbons (Fsp3) is 0.667. The van der Waals surface area contributed by atoms with Crippen molar-refractivity contribution in [2.75, 3.05) is 19.6 Å². The molecule has 1 amide bonds. The maximum Gasteiger partial charge on any atom is 0.216 e. The Balaban J connectivity index is 1.93. The van der Waals surface area contributed by atoms with Crippen molar-refractivity contribution >= 4 is 33.2 Å². The van der Waals surface area contributed by atoms with Crippen molar-refractivity contribution in [2.24, 2.45) is 11.7 Å². The van der Waals surface area contributed by atoms with E-state index in [1.54, 1.807) is 18.3 Å². The van der Waals surface area contributed by atoms with Gasteiger partial charge in [-0.3, -0.25) is 9.69 Å². The molecular formula is C15H24BrN3OS. The number of nitrogens with two attached hydrogens (primary N) is 1. The monoisotopic (exact) mass is 373 g/mol. The number of carbonyl (C=O) groups is 1. The summed E-state index contributed by atoms with van der Waals surface area (Å²) in [4.78, 5) is 14.8. The first-order valence-electron chi connectivity index (χ1n) is 7.46. The summed E-state index contributed by atoms with van der Waals surface area (Å²) in [6, 6.07) is 4.68. The zero-order valence-corrected chi connectivity index (χ0v) is 15.0. The molecule has 4 nitrogen and oxygen atoms in total. The molecule has 0 spiro atoms. The predicted molar refractivity (Wildman–Crippen MR) is 91.4 cm³/mol. The number of hydrogen-bond donors (Lipinski definition) is 2. The molecule has 0 bridgehead atoms. The molecule has 2 rings (SSSR count). The fourth-order valence-corrected chi connectivity index (χ4v) is 4.66. The molecule has 21 heavy (non-hydrogen) atoms. The first-order chi connectivity index (χ1) is 9.97. The SMILES string of the molecule is CC(=O)NCC1CCN(C(c2ccc(Br)s2)C(C)N)CC1. The minimum Gasteiger partial charge on any atom is -0.356 e. The highest BCUT2D eigenvalue weighted by molar-refractivity contribution is 9.11. The number of halogens is 1. The van der Waals surface area contributed by atoms with Crippen LogP contribution in [0.4, 0.5) is 0 Å². The molecule has 1 fully saturated rings. The minimum absolute atomic E-state index is 0.0642. The van der Waals surface area contributed by atoms with Crippen LogP contribution < -0.4 is 11.1 Å². The third-order valence-electron chi connectivity index (χ3n) is 4.07. The largest absolute Gasteiger partial charge is 0.356 e. The van der Waals surface area contributed by atoms with Crippen molar-refractivity contribution in [2.45, 2.75) is 38.8 Å². The zero-order chi connectivity index (χ0) is 15.4. The van der Waals surface area contributed by atoms with Crippen LogP contribution >= 0.6 is 27.3 Å². The lowest BCUT2D eigenvalue weighted by Gasteiger charge is -2.39. The number of thiophene rings is 1. The molecule has 1 saturated heterocycles. The van der Waals surface area contributed by atoms with Crippen LogP contribution in [0.15, 0.2) is 15.9 Å². The Morgan fingerprint density at radius 1 is 1.52 bits per heavy atom. The molecule has 2 unspecified atom stereocenters. The molecule has 6 heteroatoms. The Morgan fingerprint density at radius 3 is 2.67 bits per heavy atom. The Labute approximate surface area is 139 Å². The fourth-order valence-electron chi connectivity index (χ4n) is 2.98. The second-order valence-corrected chi connectivity index (χ2v) is 8.36. The van der Waals surface area contributed by atoms with E-state index in [2.05, 4.69) is 45.2 Å². The maximum atomic E-state index is 11.0. The average Bonchev–Trinajstić information content (AvgIpc) is 2.84. The van der Waals surface area contributed by atoms with Crippen molar-refractivity contribution in [3.8, 4) is 0 Å². The number of piperidine rings is 1. The quantitative estimate of drug-likeness (QED) is 0.833. The lowest BCUT2D eigenvalue weighted by Crippen LogP contribution is -2.44. The molecule has 1 aliphatic rings. The first-order valence-corrected chi connectivity index (χ1v) is 9.07. The summed E-state index contributed by atoms with van der Waals surface area (Å²) in [5, 5.41) is 2.93. The van der Waals surface area contributed by atoms with Crippen molar-refractivity contribution in [3.63, 3.8) is 0 Å². The molecular weight excluding hydrogens is 350 g/mol. The Kier molecular flexibility index (Phi) is 6.22. The van der Waals surface area contributed by atoms with E-state index in [1.807, 2.05) is 0 Å². The van der Waals surface area contributed by atoms with Gasteiger partial charge in [0, 0.05) is 24.4 Å². The highest BCUT2D eigenvalue weighted by atomic mass is 79.9. The molecule has 118 valence electrons. The summed E-state index contributed by atoms with van der Waals surface area (Å²) in [6.45, 7) is 6.56. The topological polar surface area (TPSA) is 58.4 Å². The lowest BCUT2D eigenvalue weighted by molar-refractivity contribution is -0.119. The van der Waals surface area contributed by atoms with Gasteiger partial charge in [0.1, 0.15) is 0 Å². The number of hydrogen-bond acceptors (Lipinski definition) is 4. The molecule has 0 aromatic carbocycles. The number of nitrogens with one attached hydrogen (secondary N) is 1. The van der Waals surface area contributed by atoms with Gasteiger partial charge >= 0.3 is 0 Å². The second kappa shape index (κ2) is 7.72. The van der Waals surface area contributed by atoms with Crippen LogP contribution in [0, 0.1) is 5.92 Å². The van der Waals surface area contributed by atoms with E-state index in [0.29, 0.717) is 12.0 Å². The van der Waals surface area contributed by atoms with Gasteiger partial charge in [-0.05, 0) is 66.8 Å². The van der Waals surface area contributed by atoms with Crippen molar-refractivity contribution < 1.29 is 4.79 Å². The third-order valence-corrected chi connectivity index (χ3v) is 5.76. The number of carbonyl (C=O) groups excluding carboxylic acids is 1. The van der Waals surface area contributed by atoms with Gasteiger partial charge in [-0.2, -0.15) is 0 Å². The van der Waals surface area contributed by atoms with Crippen molar-refractivity contribution in [1.29, 1.82) is 0 Å². The highest BCUT2D eigenvalue weighted by Crippen LogP contribution is 2.34. The predicted octanol–water partition coefficient (Wildman–Crippen LogP) is 2.75. The first kappa shape index (κ1) is 16.9. The standard InChI is InChI=1S/C15H24BrN3OS/c1-10(17)15(13-3-4-14(16)21-13)19-7-5-12(6-8-19)9-18-11(2)20/h3-4,10,12,15H,5-9,17H2,1-2H3,(H,18,20). The van der Waals surface area contributed by atoms with Gasteiger partial charge in [-0.25, -0.2) is 0 Å². The Bertz CT molecular complexity index is 469. The molecule has 1 aliphatic heterocycles. The summed E-state index contributed by atoms with van der Waals surface area (Å²) in [5.74, 6) is 0.656.